The van der Waals surface area contributed by atoms with Gasteiger partial charge in [-0.1, -0.05) is 60.1 Å². The first-order chi connectivity index (χ1) is 13.1. The Hall–Kier alpha value is -3.03. The SMILES string of the molecule is Cc1nn(-c2ccccc2)c(Cl)c1/C=N/n1c(-c2ccccc2)n[nH]c1=S. The molecule has 0 unspecified atom stereocenters. The second kappa shape index (κ2) is 7.30. The zero-order valence-electron chi connectivity index (χ0n) is 14.4. The minimum absolute atomic E-state index is 0.398. The van der Waals surface area contributed by atoms with Gasteiger partial charge in [0, 0.05) is 5.56 Å². The highest BCUT2D eigenvalue weighted by Gasteiger charge is 2.14. The highest BCUT2D eigenvalue weighted by molar-refractivity contribution is 7.71. The van der Waals surface area contributed by atoms with Crippen LogP contribution in [0.4, 0.5) is 0 Å². The van der Waals surface area contributed by atoms with E-state index < -0.39 is 0 Å². The minimum Gasteiger partial charge on any atom is -0.250 e. The molecule has 0 fully saturated rings. The number of aromatic nitrogens is 5. The third kappa shape index (κ3) is 3.34. The van der Waals surface area contributed by atoms with Gasteiger partial charge in [0.25, 0.3) is 0 Å². The molecule has 0 saturated heterocycles. The van der Waals surface area contributed by atoms with Crippen molar-refractivity contribution in [2.24, 2.45) is 5.10 Å². The number of nitrogens with one attached hydrogen (secondary N) is 1. The molecule has 27 heavy (non-hydrogen) atoms. The van der Waals surface area contributed by atoms with Crippen LogP contribution in [0.25, 0.3) is 17.1 Å². The Balaban J connectivity index is 1.74. The van der Waals surface area contributed by atoms with E-state index in [4.69, 9.17) is 23.8 Å². The molecular weight excluding hydrogens is 380 g/mol. The van der Waals surface area contributed by atoms with Crippen molar-refractivity contribution in [3.05, 3.63) is 81.8 Å². The highest BCUT2D eigenvalue weighted by Crippen LogP contribution is 2.22. The van der Waals surface area contributed by atoms with Crippen molar-refractivity contribution in [1.29, 1.82) is 0 Å². The maximum atomic E-state index is 6.55. The molecular formula is C19H15ClN6S. The second-order valence-corrected chi connectivity index (χ2v) is 6.56. The van der Waals surface area contributed by atoms with Crippen LogP contribution in [0, 0.1) is 11.7 Å². The average molecular weight is 395 g/mol. The summed E-state index contributed by atoms with van der Waals surface area (Å²) in [5.74, 6) is 0.626. The van der Waals surface area contributed by atoms with Gasteiger partial charge in [-0.3, -0.25) is 0 Å². The van der Waals surface area contributed by atoms with E-state index in [0.717, 1.165) is 22.5 Å². The summed E-state index contributed by atoms with van der Waals surface area (Å²) in [5.41, 5.74) is 3.28. The first kappa shape index (κ1) is 17.4. The number of hydrogen-bond acceptors (Lipinski definition) is 4. The van der Waals surface area contributed by atoms with E-state index in [1.165, 1.54) is 0 Å². The summed E-state index contributed by atoms with van der Waals surface area (Å²) in [5, 5.41) is 16.6. The fraction of sp³-hybridized carbons (Fsp3) is 0.0526. The predicted octanol–water partition coefficient (Wildman–Crippen LogP) is 4.64. The van der Waals surface area contributed by atoms with Crippen molar-refractivity contribution in [2.45, 2.75) is 6.92 Å². The van der Waals surface area contributed by atoms with Crippen molar-refractivity contribution < 1.29 is 0 Å². The number of nitrogens with zero attached hydrogens (tertiary/aromatic N) is 5. The molecule has 0 aliphatic carbocycles. The van der Waals surface area contributed by atoms with Crippen molar-refractivity contribution in [1.82, 2.24) is 24.7 Å². The monoisotopic (exact) mass is 394 g/mol. The number of aromatic amines is 1. The topological polar surface area (TPSA) is 63.8 Å². The minimum atomic E-state index is 0.398. The molecule has 2 aromatic carbocycles. The van der Waals surface area contributed by atoms with E-state index in [2.05, 4.69) is 20.4 Å². The van der Waals surface area contributed by atoms with E-state index in [9.17, 15) is 0 Å². The van der Waals surface area contributed by atoms with Gasteiger partial charge in [0.15, 0.2) is 5.82 Å². The Labute approximate surface area is 165 Å². The number of rotatable bonds is 4. The molecule has 6 nitrogen and oxygen atoms in total. The summed E-state index contributed by atoms with van der Waals surface area (Å²) in [6, 6.07) is 19.4. The largest absolute Gasteiger partial charge is 0.250 e. The van der Waals surface area contributed by atoms with Crippen LogP contribution in [0.1, 0.15) is 11.3 Å². The van der Waals surface area contributed by atoms with Gasteiger partial charge in [-0.2, -0.15) is 20.0 Å². The summed E-state index contributed by atoms with van der Waals surface area (Å²) in [4.78, 5) is 0. The summed E-state index contributed by atoms with van der Waals surface area (Å²) >= 11 is 11.9. The van der Waals surface area contributed by atoms with Crippen LogP contribution in [0.5, 0.6) is 0 Å². The molecule has 8 heteroatoms. The molecule has 0 aliphatic rings. The van der Waals surface area contributed by atoms with Gasteiger partial charge in [0.1, 0.15) is 5.15 Å². The summed E-state index contributed by atoms with van der Waals surface area (Å²) in [6.07, 6.45) is 1.65. The molecule has 1 N–H and O–H groups in total. The Morgan fingerprint density at radius 3 is 2.44 bits per heavy atom. The van der Waals surface area contributed by atoms with Crippen LogP contribution >= 0.6 is 23.8 Å². The molecule has 0 bridgehead atoms. The van der Waals surface area contributed by atoms with Crippen molar-refractivity contribution in [3.8, 4) is 17.1 Å². The summed E-state index contributed by atoms with van der Waals surface area (Å²) < 4.78 is 3.65. The number of halogens is 1. The smallest absolute Gasteiger partial charge is 0.216 e. The molecule has 0 saturated carbocycles. The number of benzene rings is 2. The lowest BCUT2D eigenvalue weighted by Gasteiger charge is -2.02. The number of H-pyrrole nitrogens is 1. The first-order valence-electron chi connectivity index (χ1n) is 8.23. The zero-order chi connectivity index (χ0) is 18.8. The fourth-order valence-corrected chi connectivity index (χ4v) is 3.19. The average Bonchev–Trinajstić information content (AvgIpc) is 3.21. The van der Waals surface area contributed by atoms with Gasteiger partial charge in [0.2, 0.25) is 4.77 Å². The molecule has 2 aromatic heterocycles. The first-order valence-corrected chi connectivity index (χ1v) is 9.01. The third-order valence-electron chi connectivity index (χ3n) is 4.03. The normalized spacial score (nSPS) is 11.3. The second-order valence-electron chi connectivity index (χ2n) is 5.81. The Morgan fingerprint density at radius 2 is 1.74 bits per heavy atom. The van der Waals surface area contributed by atoms with Gasteiger partial charge in [-0.15, -0.1) is 0 Å². The third-order valence-corrected chi connectivity index (χ3v) is 4.66. The zero-order valence-corrected chi connectivity index (χ0v) is 15.9. The molecule has 4 rings (SSSR count). The Bertz CT molecular complexity index is 1160. The van der Waals surface area contributed by atoms with Crippen molar-refractivity contribution in [2.75, 3.05) is 0 Å². The van der Waals surface area contributed by atoms with E-state index in [-0.39, 0.29) is 0 Å². The van der Waals surface area contributed by atoms with E-state index in [0.29, 0.717) is 15.7 Å². The van der Waals surface area contributed by atoms with Gasteiger partial charge in [-0.05, 0) is 31.3 Å². The van der Waals surface area contributed by atoms with Gasteiger partial charge in [-0.25, -0.2) is 9.78 Å². The van der Waals surface area contributed by atoms with Crippen LogP contribution in [-0.2, 0) is 0 Å². The molecule has 134 valence electrons. The van der Waals surface area contributed by atoms with E-state index in [1.807, 2.05) is 67.6 Å². The van der Waals surface area contributed by atoms with Gasteiger partial charge < -0.3 is 0 Å². The van der Waals surface area contributed by atoms with Crippen LogP contribution in [0.2, 0.25) is 5.15 Å². The summed E-state index contributed by atoms with van der Waals surface area (Å²) in [6.45, 7) is 1.89. The highest BCUT2D eigenvalue weighted by atomic mass is 35.5. The van der Waals surface area contributed by atoms with E-state index >= 15 is 0 Å². The van der Waals surface area contributed by atoms with Crippen LogP contribution in [0.3, 0.4) is 0 Å². The van der Waals surface area contributed by atoms with Crippen LogP contribution in [-0.4, -0.2) is 30.9 Å². The fourth-order valence-electron chi connectivity index (χ4n) is 2.69. The summed E-state index contributed by atoms with van der Waals surface area (Å²) in [7, 11) is 0. The van der Waals surface area contributed by atoms with Crippen LogP contribution < -0.4 is 0 Å². The molecule has 2 heterocycles. The predicted molar refractivity (Wildman–Crippen MR) is 109 cm³/mol. The Kier molecular flexibility index (Phi) is 4.70. The van der Waals surface area contributed by atoms with E-state index in [1.54, 1.807) is 15.6 Å². The maximum Gasteiger partial charge on any atom is 0.216 e. The number of para-hydroxylation sites is 1. The lowest BCUT2D eigenvalue weighted by atomic mass is 10.2. The molecule has 0 atom stereocenters. The Morgan fingerprint density at radius 1 is 1.07 bits per heavy atom. The van der Waals surface area contributed by atoms with Crippen LogP contribution in [0.15, 0.2) is 65.8 Å². The number of hydrogen-bond donors (Lipinski definition) is 1. The maximum absolute atomic E-state index is 6.55. The number of aryl methyl sites for hydroxylation is 1. The standard InChI is InChI=1S/C19H15ClN6S/c1-13-16(17(20)25(24-13)15-10-6-3-7-11-15)12-21-26-18(22-23-19(26)27)14-8-4-2-5-9-14/h2-12H,1H3,(H,23,27)/b21-12+. The van der Waals surface area contributed by atoms with Gasteiger partial charge >= 0.3 is 0 Å². The van der Waals surface area contributed by atoms with Crippen molar-refractivity contribution >= 4 is 30.0 Å². The lowest BCUT2D eigenvalue weighted by molar-refractivity contribution is 0.863. The molecule has 0 spiro atoms. The quantitative estimate of drug-likeness (QED) is 0.405. The molecule has 0 amide bonds. The molecule has 4 aromatic rings. The molecule has 0 radical (unpaired) electrons. The van der Waals surface area contributed by atoms with Crippen molar-refractivity contribution in [3.63, 3.8) is 0 Å². The van der Waals surface area contributed by atoms with Gasteiger partial charge in [0.05, 0.1) is 23.2 Å². The lowest BCUT2D eigenvalue weighted by Crippen LogP contribution is -1.97. The molecule has 0 aliphatic heterocycles.